The lowest BCUT2D eigenvalue weighted by Gasteiger charge is -2.34. The lowest BCUT2D eigenvalue weighted by atomic mass is 9.73. The molecule has 8 heteroatoms. The summed E-state index contributed by atoms with van der Waals surface area (Å²) < 4.78 is 5.89. The molecule has 2 saturated heterocycles. The Labute approximate surface area is 211 Å². The summed E-state index contributed by atoms with van der Waals surface area (Å²) in [5.41, 5.74) is 0.615. The Morgan fingerprint density at radius 2 is 1.91 bits per heavy atom. The summed E-state index contributed by atoms with van der Waals surface area (Å²) in [5.74, 6) is -1.38. The minimum absolute atomic E-state index is 0.00791. The number of nitrogens with zero attached hydrogens (tertiary/aromatic N) is 1. The van der Waals surface area contributed by atoms with Gasteiger partial charge in [0.1, 0.15) is 11.9 Å². The third kappa shape index (κ3) is 6.71. The smallest absolute Gasteiger partial charge is 0.309 e. The standard InChI is InChI=1S/C26H39NO5S2/c1-14-8-7-9-20-21(34-20)11-19(15(2)10-18-13-33-17(4)27-18)32-23(29)12-22(28)26(5,6)25(31)16(3)24(14)30/h10,13-14,16,19-22,24,28,30H,7-9,11-12H2,1-6H3/b15-10+/t14-,16+,19-,20+,21-,22-,24-/m0/s1. The van der Waals surface area contributed by atoms with Crippen LogP contribution in [0.5, 0.6) is 0 Å². The molecule has 3 heterocycles. The molecule has 190 valence electrons. The van der Waals surface area contributed by atoms with Gasteiger partial charge in [-0.3, -0.25) is 9.59 Å². The van der Waals surface area contributed by atoms with Crippen molar-refractivity contribution >= 4 is 40.9 Å². The number of aliphatic hydroxyl groups is 2. The van der Waals surface area contributed by atoms with Crippen LogP contribution in [0.3, 0.4) is 0 Å². The summed E-state index contributed by atoms with van der Waals surface area (Å²) >= 11 is 3.49. The summed E-state index contributed by atoms with van der Waals surface area (Å²) in [6.07, 6.45) is 2.95. The summed E-state index contributed by atoms with van der Waals surface area (Å²) in [5, 5.41) is 25.5. The summed E-state index contributed by atoms with van der Waals surface area (Å²) in [6, 6.07) is 0. The first-order valence-corrected chi connectivity index (χ1v) is 14.1. The average molecular weight is 510 g/mol. The fourth-order valence-electron chi connectivity index (χ4n) is 4.78. The van der Waals surface area contributed by atoms with Crippen molar-refractivity contribution in [2.24, 2.45) is 17.3 Å². The van der Waals surface area contributed by atoms with Gasteiger partial charge in [-0.15, -0.1) is 11.3 Å². The van der Waals surface area contributed by atoms with Gasteiger partial charge in [-0.2, -0.15) is 11.8 Å². The Morgan fingerprint density at radius 1 is 1.21 bits per heavy atom. The second-order valence-corrected chi connectivity index (χ2v) is 13.1. The quantitative estimate of drug-likeness (QED) is 0.436. The molecule has 0 saturated carbocycles. The number of Topliss-reactive ketones (excluding diaryl/α,β-unsaturated/α-hetero) is 1. The first-order chi connectivity index (χ1) is 15.9. The highest BCUT2D eigenvalue weighted by Crippen LogP contribution is 2.48. The number of hydrogen-bond acceptors (Lipinski definition) is 8. The van der Waals surface area contributed by atoms with Gasteiger partial charge in [0.2, 0.25) is 0 Å². The number of aromatic nitrogens is 1. The molecule has 1 aromatic heterocycles. The van der Waals surface area contributed by atoms with Crippen molar-refractivity contribution in [1.29, 1.82) is 0 Å². The summed E-state index contributed by atoms with van der Waals surface area (Å²) in [4.78, 5) is 30.6. The normalized spacial score (nSPS) is 36.0. The highest BCUT2D eigenvalue weighted by atomic mass is 32.2. The van der Waals surface area contributed by atoms with Crippen LogP contribution in [0.25, 0.3) is 6.08 Å². The third-order valence-corrected chi connectivity index (χ3v) is 9.67. The highest BCUT2D eigenvalue weighted by Gasteiger charge is 2.44. The fraction of sp³-hybridized carbons (Fsp3) is 0.731. The second kappa shape index (κ2) is 11.2. The van der Waals surface area contributed by atoms with Gasteiger partial charge in [-0.25, -0.2) is 4.98 Å². The first kappa shape index (κ1) is 27.4. The van der Waals surface area contributed by atoms with E-state index in [9.17, 15) is 19.8 Å². The maximum absolute atomic E-state index is 13.2. The van der Waals surface area contributed by atoms with Crippen molar-refractivity contribution < 1.29 is 24.5 Å². The molecule has 0 aromatic carbocycles. The lowest BCUT2D eigenvalue weighted by molar-refractivity contribution is -0.154. The van der Waals surface area contributed by atoms with Crippen molar-refractivity contribution in [3.8, 4) is 0 Å². The van der Waals surface area contributed by atoms with Gasteiger partial charge < -0.3 is 14.9 Å². The zero-order valence-corrected chi connectivity index (χ0v) is 22.7. The molecule has 2 aliphatic rings. The minimum atomic E-state index is -1.19. The number of ketones is 1. The van der Waals surface area contributed by atoms with Crippen LogP contribution >= 0.6 is 23.1 Å². The monoisotopic (exact) mass is 509 g/mol. The molecule has 0 amide bonds. The molecular weight excluding hydrogens is 470 g/mol. The van der Waals surface area contributed by atoms with Crippen molar-refractivity contribution in [2.45, 2.75) is 102 Å². The van der Waals surface area contributed by atoms with E-state index in [1.54, 1.807) is 32.1 Å². The molecule has 0 unspecified atom stereocenters. The average Bonchev–Trinajstić information content (AvgIpc) is 3.38. The van der Waals surface area contributed by atoms with Crippen LogP contribution in [0, 0.1) is 24.2 Å². The molecule has 6 nitrogen and oxygen atoms in total. The molecule has 0 spiro atoms. The van der Waals surface area contributed by atoms with Crippen molar-refractivity contribution in [3.63, 3.8) is 0 Å². The molecule has 34 heavy (non-hydrogen) atoms. The van der Waals surface area contributed by atoms with Crippen LogP contribution in [-0.2, 0) is 14.3 Å². The number of esters is 1. The number of carbonyl (C=O) groups excluding carboxylic acids is 2. The van der Waals surface area contributed by atoms with Crippen LogP contribution < -0.4 is 0 Å². The van der Waals surface area contributed by atoms with Gasteiger partial charge in [0.25, 0.3) is 0 Å². The van der Waals surface area contributed by atoms with Crippen LogP contribution in [0.1, 0.15) is 77.4 Å². The number of ether oxygens (including phenoxy) is 1. The van der Waals surface area contributed by atoms with Gasteiger partial charge in [0.05, 0.1) is 34.7 Å². The second-order valence-electron chi connectivity index (χ2n) is 10.6. The van der Waals surface area contributed by atoms with Crippen LogP contribution in [-0.4, -0.2) is 55.8 Å². The Morgan fingerprint density at radius 3 is 2.56 bits per heavy atom. The zero-order chi connectivity index (χ0) is 25.2. The van der Waals surface area contributed by atoms with Crippen molar-refractivity contribution in [2.75, 3.05) is 0 Å². The van der Waals surface area contributed by atoms with E-state index in [-0.39, 0.29) is 18.1 Å². The molecule has 3 rings (SSSR count). The van der Waals surface area contributed by atoms with Gasteiger partial charge >= 0.3 is 5.97 Å². The number of aliphatic hydroxyl groups excluding tert-OH is 2. The maximum atomic E-state index is 13.2. The number of thiazole rings is 1. The Hall–Kier alpha value is -1.22. The number of hydrogen-bond donors (Lipinski definition) is 2. The molecule has 2 aliphatic heterocycles. The largest absolute Gasteiger partial charge is 0.458 e. The molecule has 0 aliphatic carbocycles. The van der Waals surface area contributed by atoms with E-state index in [2.05, 4.69) is 4.98 Å². The number of cyclic esters (lactones) is 1. The lowest BCUT2D eigenvalue weighted by Crippen LogP contribution is -2.45. The predicted octanol–water partition coefficient (Wildman–Crippen LogP) is 4.80. The first-order valence-electron chi connectivity index (χ1n) is 12.3. The molecule has 2 fully saturated rings. The van der Waals surface area contributed by atoms with Crippen LogP contribution in [0.2, 0.25) is 0 Å². The molecular formula is C26H39NO5S2. The van der Waals surface area contributed by atoms with E-state index in [0.29, 0.717) is 10.5 Å². The van der Waals surface area contributed by atoms with Gasteiger partial charge in [0, 0.05) is 28.2 Å². The Kier molecular flexibility index (Phi) is 9.04. The van der Waals surface area contributed by atoms with E-state index in [1.165, 1.54) is 0 Å². The SMILES string of the molecule is C/C(=C\c1csc(C)n1)[C@@H]1C[C@@H]2S[C@@H]2CCC[C@H](C)[C@H](O)[C@@H](C)C(=O)C(C)(C)[C@@H](O)CC(=O)O1. The van der Waals surface area contributed by atoms with E-state index in [4.69, 9.17) is 4.74 Å². The van der Waals surface area contributed by atoms with Crippen LogP contribution in [0.15, 0.2) is 11.0 Å². The number of carbonyl (C=O) groups is 2. The Balaban J connectivity index is 1.81. The van der Waals surface area contributed by atoms with E-state index < -0.39 is 35.6 Å². The van der Waals surface area contributed by atoms with E-state index in [1.807, 2.05) is 44.0 Å². The zero-order valence-electron chi connectivity index (χ0n) is 21.1. The highest BCUT2D eigenvalue weighted by molar-refractivity contribution is 8.07. The molecule has 1 aromatic rings. The molecule has 2 N–H and O–H groups in total. The number of rotatable bonds is 2. The van der Waals surface area contributed by atoms with E-state index in [0.717, 1.165) is 42.0 Å². The van der Waals surface area contributed by atoms with E-state index >= 15 is 0 Å². The molecule has 0 bridgehead atoms. The Bertz CT molecular complexity index is 911. The third-order valence-electron chi connectivity index (χ3n) is 7.41. The maximum Gasteiger partial charge on any atom is 0.309 e. The molecule has 7 atom stereocenters. The van der Waals surface area contributed by atoms with Gasteiger partial charge in [0.15, 0.2) is 0 Å². The molecule has 0 radical (unpaired) electrons. The summed E-state index contributed by atoms with van der Waals surface area (Å²) in [6.45, 7) is 10.9. The predicted molar refractivity (Wildman–Crippen MR) is 138 cm³/mol. The number of fused-ring (bicyclic) bond motifs is 1. The topological polar surface area (TPSA) is 96.7 Å². The fourth-order valence-corrected chi connectivity index (χ4v) is 6.55. The van der Waals surface area contributed by atoms with Crippen molar-refractivity contribution in [3.05, 3.63) is 21.7 Å². The van der Waals surface area contributed by atoms with Crippen molar-refractivity contribution in [1.82, 2.24) is 4.98 Å². The number of thioether (sulfide) groups is 1. The van der Waals surface area contributed by atoms with Gasteiger partial charge in [-0.1, -0.05) is 34.1 Å². The number of aryl methyl sites for hydroxylation is 1. The minimum Gasteiger partial charge on any atom is -0.458 e. The van der Waals surface area contributed by atoms with Crippen LogP contribution in [0.4, 0.5) is 0 Å². The van der Waals surface area contributed by atoms with Gasteiger partial charge in [-0.05, 0) is 44.3 Å². The summed E-state index contributed by atoms with van der Waals surface area (Å²) in [7, 11) is 0.